The zero-order valence-corrected chi connectivity index (χ0v) is 8.92. The SMILES string of the molecule is COc1cc(C)c(F)c(COCCO)c1. The van der Waals surface area contributed by atoms with Gasteiger partial charge in [-0.3, -0.25) is 0 Å². The van der Waals surface area contributed by atoms with Crippen LogP contribution in [0.3, 0.4) is 0 Å². The minimum Gasteiger partial charge on any atom is -0.497 e. The second-order valence-corrected chi connectivity index (χ2v) is 3.19. The minimum absolute atomic E-state index is 0.0649. The maximum Gasteiger partial charge on any atom is 0.131 e. The van der Waals surface area contributed by atoms with E-state index in [1.165, 1.54) is 7.11 Å². The highest BCUT2D eigenvalue weighted by atomic mass is 19.1. The van der Waals surface area contributed by atoms with E-state index < -0.39 is 0 Å². The van der Waals surface area contributed by atoms with E-state index in [0.717, 1.165) is 0 Å². The molecule has 1 aromatic rings. The standard InChI is InChI=1S/C11H15FO3/c1-8-5-10(14-2)6-9(11(8)12)7-15-4-3-13/h5-6,13H,3-4,7H2,1-2H3. The lowest BCUT2D eigenvalue weighted by Crippen LogP contribution is -2.02. The molecule has 0 spiro atoms. The summed E-state index contributed by atoms with van der Waals surface area (Å²) in [5, 5.41) is 8.53. The zero-order chi connectivity index (χ0) is 11.3. The Bertz CT molecular complexity index is 326. The predicted molar refractivity (Wildman–Crippen MR) is 54.4 cm³/mol. The quantitative estimate of drug-likeness (QED) is 0.757. The van der Waals surface area contributed by atoms with Crippen LogP contribution in [0.25, 0.3) is 0 Å². The molecule has 0 fully saturated rings. The number of hydrogen-bond acceptors (Lipinski definition) is 3. The first kappa shape index (κ1) is 11.9. The van der Waals surface area contributed by atoms with Gasteiger partial charge in [0.1, 0.15) is 11.6 Å². The predicted octanol–water partition coefficient (Wildman–Crippen LogP) is 1.65. The van der Waals surface area contributed by atoms with E-state index in [0.29, 0.717) is 16.9 Å². The Labute approximate surface area is 88.4 Å². The Morgan fingerprint density at radius 1 is 1.40 bits per heavy atom. The van der Waals surface area contributed by atoms with E-state index in [1.807, 2.05) is 0 Å². The van der Waals surface area contributed by atoms with Crippen molar-refractivity contribution in [2.24, 2.45) is 0 Å². The van der Waals surface area contributed by atoms with Crippen molar-refractivity contribution in [3.8, 4) is 5.75 Å². The van der Waals surface area contributed by atoms with E-state index in [4.69, 9.17) is 14.6 Å². The van der Waals surface area contributed by atoms with E-state index in [1.54, 1.807) is 19.1 Å². The summed E-state index contributed by atoms with van der Waals surface area (Å²) in [5.74, 6) is 0.324. The topological polar surface area (TPSA) is 38.7 Å². The molecule has 0 aliphatic carbocycles. The van der Waals surface area contributed by atoms with Crippen LogP contribution < -0.4 is 4.74 Å². The van der Waals surface area contributed by atoms with Gasteiger partial charge in [0, 0.05) is 5.56 Å². The fourth-order valence-corrected chi connectivity index (χ4v) is 1.28. The summed E-state index contributed by atoms with van der Waals surface area (Å²) in [4.78, 5) is 0. The van der Waals surface area contributed by atoms with Crippen LogP contribution in [0, 0.1) is 12.7 Å². The number of aryl methyl sites for hydroxylation is 1. The van der Waals surface area contributed by atoms with Crippen LogP contribution in [0.1, 0.15) is 11.1 Å². The van der Waals surface area contributed by atoms with Crippen molar-refractivity contribution in [3.63, 3.8) is 0 Å². The molecule has 0 aliphatic heterocycles. The van der Waals surface area contributed by atoms with Gasteiger partial charge in [-0.1, -0.05) is 0 Å². The number of halogens is 1. The fraction of sp³-hybridized carbons (Fsp3) is 0.455. The summed E-state index contributed by atoms with van der Waals surface area (Å²) in [7, 11) is 1.53. The number of hydrogen-bond donors (Lipinski definition) is 1. The first-order valence-corrected chi connectivity index (χ1v) is 4.70. The van der Waals surface area contributed by atoms with Gasteiger partial charge < -0.3 is 14.6 Å². The lowest BCUT2D eigenvalue weighted by atomic mass is 10.1. The van der Waals surface area contributed by atoms with Crippen molar-refractivity contribution in [3.05, 3.63) is 29.1 Å². The van der Waals surface area contributed by atoms with Crippen LogP contribution in [0.5, 0.6) is 5.75 Å². The average molecular weight is 214 g/mol. The summed E-state index contributed by atoms with van der Waals surface area (Å²) < 4.78 is 23.6. The Morgan fingerprint density at radius 2 is 2.13 bits per heavy atom. The lowest BCUT2D eigenvalue weighted by molar-refractivity contribution is 0.0797. The molecule has 1 aromatic carbocycles. The number of methoxy groups -OCH3 is 1. The Hall–Kier alpha value is -1.13. The summed E-state index contributed by atoms with van der Waals surface area (Å²) in [6, 6.07) is 3.23. The number of aliphatic hydroxyl groups is 1. The molecule has 0 radical (unpaired) electrons. The number of aliphatic hydroxyl groups excluding tert-OH is 1. The maximum absolute atomic E-state index is 13.5. The third-order valence-electron chi connectivity index (χ3n) is 2.03. The van der Waals surface area contributed by atoms with Gasteiger partial charge in [-0.2, -0.15) is 0 Å². The van der Waals surface area contributed by atoms with Gasteiger partial charge in [0.25, 0.3) is 0 Å². The number of rotatable bonds is 5. The summed E-state index contributed by atoms with van der Waals surface area (Å²) >= 11 is 0. The molecule has 0 bridgehead atoms. The van der Waals surface area contributed by atoms with Crippen molar-refractivity contribution in [1.29, 1.82) is 0 Å². The normalized spacial score (nSPS) is 10.4. The Morgan fingerprint density at radius 3 is 2.73 bits per heavy atom. The smallest absolute Gasteiger partial charge is 0.131 e. The largest absolute Gasteiger partial charge is 0.497 e. The van der Waals surface area contributed by atoms with Crippen molar-refractivity contribution in [1.82, 2.24) is 0 Å². The molecular weight excluding hydrogens is 199 g/mol. The van der Waals surface area contributed by atoms with Gasteiger partial charge >= 0.3 is 0 Å². The van der Waals surface area contributed by atoms with Crippen molar-refractivity contribution >= 4 is 0 Å². The fourth-order valence-electron chi connectivity index (χ4n) is 1.28. The van der Waals surface area contributed by atoms with E-state index >= 15 is 0 Å². The highest BCUT2D eigenvalue weighted by Gasteiger charge is 2.08. The molecule has 0 aromatic heterocycles. The third-order valence-corrected chi connectivity index (χ3v) is 2.03. The summed E-state index contributed by atoms with van der Waals surface area (Å²) in [6.45, 7) is 1.96. The van der Waals surface area contributed by atoms with Gasteiger partial charge in [-0.15, -0.1) is 0 Å². The molecule has 0 heterocycles. The average Bonchev–Trinajstić information content (AvgIpc) is 2.24. The summed E-state index contributed by atoms with van der Waals surface area (Å²) in [5.41, 5.74) is 0.970. The number of benzene rings is 1. The molecule has 0 saturated carbocycles. The van der Waals surface area contributed by atoms with Crippen LogP contribution in [-0.4, -0.2) is 25.4 Å². The molecule has 1 N–H and O–H groups in total. The van der Waals surface area contributed by atoms with E-state index in [2.05, 4.69) is 0 Å². The molecule has 0 saturated heterocycles. The summed E-state index contributed by atoms with van der Waals surface area (Å²) in [6.07, 6.45) is 0. The monoisotopic (exact) mass is 214 g/mol. The van der Waals surface area contributed by atoms with E-state index in [-0.39, 0.29) is 25.6 Å². The van der Waals surface area contributed by atoms with E-state index in [9.17, 15) is 4.39 Å². The third kappa shape index (κ3) is 3.18. The second kappa shape index (κ2) is 5.68. The molecule has 15 heavy (non-hydrogen) atoms. The highest BCUT2D eigenvalue weighted by molar-refractivity contribution is 5.35. The molecule has 1 rings (SSSR count). The van der Waals surface area contributed by atoms with Crippen LogP contribution in [0.2, 0.25) is 0 Å². The van der Waals surface area contributed by atoms with Gasteiger partial charge in [0.05, 0.1) is 26.9 Å². The lowest BCUT2D eigenvalue weighted by Gasteiger charge is -2.09. The van der Waals surface area contributed by atoms with Crippen molar-refractivity contribution in [2.75, 3.05) is 20.3 Å². The minimum atomic E-state index is -0.284. The van der Waals surface area contributed by atoms with Gasteiger partial charge in [0.2, 0.25) is 0 Å². The van der Waals surface area contributed by atoms with Gasteiger partial charge in [-0.25, -0.2) is 4.39 Å². The zero-order valence-electron chi connectivity index (χ0n) is 8.92. The van der Waals surface area contributed by atoms with Crippen LogP contribution in [0.4, 0.5) is 4.39 Å². The van der Waals surface area contributed by atoms with Crippen molar-refractivity contribution in [2.45, 2.75) is 13.5 Å². The molecule has 0 atom stereocenters. The number of ether oxygens (including phenoxy) is 2. The molecule has 0 amide bonds. The van der Waals surface area contributed by atoms with Crippen LogP contribution in [0.15, 0.2) is 12.1 Å². The van der Waals surface area contributed by atoms with Gasteiger partial charge in [0.15, 0.2) is 0 Å². The molecule has 0 aliphatic rings. The van der Waals surface area contributed by atoms with Crippen molar-refractivity contribution < 1.29 is 19.0 Å². The van der Waals surface area contributed by atoms with Gasteiger partial charge in [-0.05, 0) is 24.6 Å². The Kier molecular flexibility index (Phi) is 4.52. The van der Waals surface area contributed by atoms with Crippen LogP contribution in [-0.2, 0) is 11.3 Å². The highest BCUT2D eigenvalue weighted by Crippen LogP contribution is 2.21. The second-order valence-electron chi connectivity index (χ2n) is 3.19. The molecule has 0 unspecified atom stereocenters. The molecular formula is C11H15FO3. The molecule has 3 nitrogen and oxygen atoms in total. The first-order valence-electron chi connectivity index (χ1n) is 4.70. The Balaban J connectivity index is 2.80. The molecule has 4 heteroatoms. The maximum atomic E-state index is 13.5. The van der Waals surface area contributed by atoms with Crippen LogP contribution >= 0.6 is 0 Å². The first-order chi connectivity index (χ1) is 7.19. The molecule has 84 valence electrons.